The molecule has 0 aliphatic heterocycles. The lowest BCUT2D eigenvalue weighted by molar-refractivity contribution is -0.121. The minimum atomic E-state index is -0.427. The molecule has 1 aromatic carbocycles. The van der Waals surface area contributed by atoms with Crippen molar-refractivity contribution in [3.63, 3.8) is 0 Å². The third kappa shape index (κ3) is 3.58. The van der Waals surface area contributed by atoms with Crippen LogP contribution < -0.4 is 10.9 Å². The van der Waals surface area contributed by atoms with Crippen LogP contribution >= 0.6 is 11.6 Å². The molecule has 128 valence electrons. The quantitative estimate of drug-likeness (QED) is 0.689. The number of hydrogen-bond donors (Lipinski definition) is 2. The summed E-state index contributed by atoms with van der Waals surface area (Å²) in [7, 11) is 0. The number of carbonyl (C=O) groups is 2. The summed E-state index contributed by atoms with van der Waals surface area (Å²) in [4.78, 5) is 32.5. The number of aromatic nitrogens is 4. The summed E-state index contributed by atoms with van der Waals surface area (Å²) < 4.78 is 1.57. The molecule has 0 saturated carbocycles. The van der Waals surface area contributed by atoms with Crippen LogP contribution in [0.1, 0.15) is 27.3 Å². The molecule has 0 bridgehead atoms. The second-order valence-corrected chi connectivity index (χ2v) is 5.86. The molecule has 0 spiro atoms. The van der Waals surface area contributed by atoms with Crippen LogP contribution in [-0.4, -0.2) is 31.4 Å². The molecular formula is C16H15ClN6O2. The topological polar surface area (TPSA) is 101 Å². The van der Waals surface area contributed by atoms with E-state index in [9.17, 15) is 9.59 Å². The number of aryl methyl sites for hydroxylation is 2. The monoisotopic (exact) mass is 358 g/mol. The van der Waals surface area contributed by atoms with Gasteiger partial charge < -0.3 is 0 Å². The average molecular weight is 359 g/mol. The Morgan fingerprint density at radius 3 is 2.60 bits per heavy atom. The van der Waals surface area contributed by atoms with Gasteiger partial charge in [-0.2, -0.15) is 10.1 Å². The Morgan fingerprint density at radius 1 is 1.16 bits per heavy atom. The Balaban J connectivity index is 1.67. The van der Waals surface area contributed by atoms with E-state index >= 15 is 0 Å². The van der Waals surface area contributed by atoms with Crippen molar-refractivity contribution < 1.29 is 9.59 Å². The van der Waals surface area contributed by atoms with Crippen molar-refractivity contribution in [2.24, 2.45) is 0 Å². The first-order valence-electron chi connectivity index (χ1n) is 7.46. The number of fused-ring (bicyclic) bond motifs is 1. The van der Waals surface area contributed by atoms with Crippen molar-refractivity contribution in [3.05, 3.63) is 58.1 Å². The van der Waals surface area contributed by atoms with Gasteiger partial charge in [0.05, 0.1) is 6.42 Å². The van der Waals surface area contributed by atoms with Crippen LogP contribution in [0.2, 0.25) is 5.02 Å². The van der Waals surface area contributed by atoms with E-state index in [2.05, 4.69) is 25.9 Å². The smallest absolute Gasteiger partial charge is 0.269 e. The van der Waals surface area contributed by atoms with E-state index in [0.29, 0.717) is 22.1 Å². The Bertz CT molecular complexity index is 951. The highest BCUT2D eigenvalue weighted by Crippen LogP contribution is 2.13. The molecule has 9 heteroatoms. The maximum atomic E-state index is 12.2. The minimum Gasteiger partial charge on any atom is -0.273 e. The fraction of sp³-hybridized carbons (Fsp3) is 0.188. The van der Waals surface area contributed by atoms with E-state index in [4.69, 9.17) is 11.6 Å². The zero-order chi connectivity index (χ0) is 18.0. The molecule has 2 N–H and O–H groups in total. The Morgan fingerprint density at radius 2 is 1.88 bits per heavy atom. The van der Waals surface area contributed by atoms with E-state index in [0.717, 1.165) is 11.3 Å². The van der Waals surface area contributed by atoms with Gasteiger partial charge in [0.25, 0.3) is 11.7 Å². The molecule has 25 heavy (non-hydrogen) atoms. The highest BCUT2D eigenvalue weighted by Gasteiger charge is 2.15. The molecular weight excluding hydrogens is 344 g/mol. The SMILES string of the molecule is Cc1nc2ncnn2c(C)c1CC(=O)NNC(=O)c1ccc(Cl)cc1. The summed E-state index contributed by atoms with van der Waals surface area (Å²) in [6.45, 7) is 3.64. The Kier molecular flexibility index (Phi) is 4.62. The van der Waals surface area contributed by atoms with Crippen LogP contribution in [-0.2, 0) is 11.2 Å². The summed E-state index contributed by atoms with van der Waals surface area (Å²) >= 11 is 5.78. The third-order valence-electron chi connectivity index (χ3n) is 3.75. The molecule has 0 saturated heterocycles. The fourth-order valence-corrected chi connectivity index (χ4v) is 2.54. The normalized spacial score (nSPS) is 10.7. The maximum absolute atomic E-state index is 12.2. The molecule has 0 aliphatic carbocycles. The molecule has 0 unspecified atom stereocenters. The molecule has 2 heterocycles. The number of hydrogen-bond acceptors (Lipinski definition) is 5. The fourth-order valence-electron chi connectivity index (χ4n) is 2.42. The zero-order valence-electron chi connectivity index (χ0n) is 13.6. The number of nitrogens with zero attached hydrogens (tertiary/aromatic N) is 4. The van der Waals surface area contributed by atoms with Crippen LogP contribution in [0.4, 0.5) is 0 Å². The number of halogens is 1. The lowest BCUT2D eigenvalue weighted by Gasteiger charge is -2.11. The number of nitrogens with one attached hydrogen (secondary N) is 2. The molecule has 2 amide bonds. The number of amides is 2. The summed E-state index contributed by atoms with van der Waals surface area (Å²) in [5, 5.41) is 4.61. The van der Waals surface area contributed by atoms with Gasteiger partial charge in [-0.1, -0.05) is 11.6 Å². The summed E-state index contributed by atoms with van der Waals surface area (Å²) in [5.74, 6) is -0.312. The molecule has 0 fully saturated rings. The Labute approximate surface area is 148 Å². The summed E-state index contributed by atoms with van der Waals surface area (Å²) in [5.41, 5.74) is 7.36. The predicted molar refractivity (Wildman–Crippen MR) is 91.0 cm³/mol. The third-order valence-corrected chi connectivity index (χ3v) is 4.00. The van der Waals surface area contributed by atoms with Gasteiger partial charge in [-0.05, 0) is 38.1 Å². The van der Waals surface area contributed by atoms with E-state index in [1.54, 1.807) is 35.7 Å². The van der Waals surface area contributed by atoms with E-state index in [1.807, 2.05) is 6.92 Å². The minimum absolute atomic E-state index is 0.0569. The molecule has 0 radical (unpaired) electrons. The van der Waals surface area contributed by atoms with Gasteiger partial charge >= 0.3 is 0 Å². The molecule has 2 aromatic heterocycles. The van der Waals surface area contributed by atoms with E-state index < -0.39 is 5.91 Å². The first kappa shape index (κ1) is 16.8. The van der Waals surface area contributed by atoms with Crippen molar-refractivity contribution in [2.45, 2.75) is 20.3 Å². The second-order valence-electron chi connectivity index (χ2n) is 5.42. The van der Waals surface area contributed by atoms with Crippen molar-refractivity contribution in [1.82, 2.24) is 30.4 Å². The van der Waals surface area contributed by atoms with Gasteiger partial charge in [0.2, 0.25) is 5.91 Å². The van der Waals surface area contributed by atoms with Crippen LogP contribution in [0.3, 0.4) is 0 Å². The van der Waals surface area contributed by atoms with Gasteiger partial charge in [-0.25, -0.2) is 9.50 Å². The predicted octanol–water partition coefficient (Wildman–Crippen LogP) is 1.40. The van der Waals surface area contributed by atoms with Gasteiger partial charge in [0.1, 0.15) is 6.33 Å². The molecule has 3 rings (SSSR count). The highest BCUT2D eigenvalue weighted by molar-refractivity contribution is 6.30. The van der Waals surface area contributed by atoms with Crippen LogP contribution in [0.25, 0.3) is 5.78 Å². The largest absolute Gasteiger partial charge is 0.273 e. The molecule has 0 aliphatic rings. The van der Waals surface area contributed by atoms with Crippen molar-refractivity contribution in [2.75, 3.05) is 0 Å². The molecule has 8 nitrogen and oxygen atoms in total. The lowest BCUT2D eigenvalue weighted by Crippen LogP contribution is -2.42. The van der Waals surface area contributed by atoms with Crippen molar-refractivity contribution >= 4 is 29.2 Å². The molecule has 3 aromatic rings. The maximum Gasteiger partial charge on any atom is 0.269 e. The van der Waals surface area contributed by atoms with Crippen LogP contribution in [0, 0.1) is 13.8 Å². The van der Waals surface area contributed by atoms with Crippen LogP contribution in [0.5, 0.6) is 0 Å². The van der Waals surface area contributed by atoms with Crippen molar-refractivity contribution in [1.29, 1.82) is 0 Å². The number of carbonyl (C=O) groups excluding carboxylic acids is 2. The Hall–Kier alpha value is -3.00. The number of benzene rings is 1. The van der Waals surface area contributed by atoms with Crippen LogP contribution in [0.15, 0.2) is 30.6 Å². The van der Waals surface area contributed by atoms with Crippen molar-refractivity contribution in [3.8, 4) is 0 Å². The van der Waals surface area contributed by atoms with Gasteiger partial charge in [-0.3, -0.25) is 20.4 Å². The lowest BCUT2D eigenvalue weighted by atomic mass is 10.1. The van der Waals surface area contributed by atoms with Gasteiger partial charge in [-0.15, -0.1) is 0 Å². The zero-order valence-corrected chi connectivity index (χ0v) is 14.3. The number of hydrazine groups is 1. The van der Waals surface area contributed by atoms with E-state index in [1.165, 1.54) is 6.33 Å². The summed E-state index contributed by atoms with van der Waals surface area (Å²) in [6, 6.07) is 6.34. The number of rotatable bonds is 3. The van der Waals surface area contributed by atoms with E-state index in [-0.39, 0.29) is 12.3 Å². The summed E-state index contributed by atoms with van der Waals surface area (Å²) in [6.07, 6.45) is 1.46. The first-order valence-corrected chi connectivity index (χ1v) is 7.84. The first-order chi connectivity index (χ1) is 12.0. The molecule has 0 atom stereocenters. The van der Waals surface area contributed by atoms with Gasteiger partial charge in [0, 0.05) is 27.5 Å². The second kappa shape index (κ2) is 6.86. The highest BCUT2D eigenvalue weighted by atomic mass is 35.5. The average Bonchev–Trinajstić information content (AvgIpc) is 3.05. The van der Waals surface area contributed by atoms with Gasteiger partial charge in [0.15, 0.2) is 0 Å². The standard InChI is InChI=1S/C16H15ClN6O2/c1-9-13(10(2)23-16(20-9)18-8-19-23)7-14(24)21-22-15(25)11-3-5-12(17)6-4-11/h3-6,8H,7H2,1-2H3,(H,21,24)(H,22,25).